The summed E-state index contributed by atoms with van der Waals surface area (Å²) in [6, 6.07) is 7.03. The van der Waals surface area contributed by atoms with Gasteiger partial charge in [-0.1, -0.05) is 19.1 Å². The average Bonchev–Trinajstić information content (AvgIpc) is 2.47. The van der Waals surface area contributed by atoms with Crippen molar-refractivity contribution in [1.29, 1.82) is 0 Å². The molecule has 0 aliphatic rings. The minimum atomic E-state index is -3.57. The van der Waals surface area contributed by atoms with Gasteiger partial charge >= 0.3 is 0 Å². The van der Waals surface area contributed by atoms with Crippen molar-refractivity contribution in [2.75, 3.05) is 5.75 Å². The van der Waals surface area contributed by atoms with Crippen molar-refractivity contribution >= 4 is 15.6 Å². The van der Waals surface area contributed by atoms with Crippen LogP contribution in [0.15, 0.2) is 41.4 Å². The van der Waals surface area contributed by atoms with E-state index in [0.29, 0.717) is 11.1 Å². The van der Waals surface area contributed by atoms with Crippen LogP contribution in [0.3, 0.4) is 0 Å². The number of hydrogen-bond donors (Lipinski definition) is 0. The molecule has 110 valence electrons. The SMILES string of the molecule is CCS(=O)(=O)c1cc(-c2ccc(F)cc2)cnc1C(C)=O. The summed E-state index contributed by atoms with van der Waals surface area (Å²) in [6.45, 7) is 2.78. The number of rotatable bonds is 4. The van der Waals surface area contributed by atoms with Crippen molar-refractivity contribution < 1.29 is 17.6 Å². The maximum atomic E-state index is 12.9. The third kappa shape index (κ3) is 3.16. The molecule has 0 unspecified atom stereocenters. The number of nitrogens with zero attached hydrogens (tertiary/aromatic N) is 1. The van der Waals surface area contributed by atoms with Gasteiger partial charge in [0, 0.05) is 18.7 Å². The van der Waals surface area contributed by atoms with Gasteiger partial charge < -0.3 is 0 Å². The van der Waals surface area contributed by atoms with Gasteiger partial charge in [0.25, 0.3) is 0 Å². The van der Waals surface area contributed by atoms with Gasteiger partial charge in [0.05, 0.1) is 10.6 Å². The minimum Gasteiger partial charge on any atom is -0.293 e. The Bertz CT molecular complexity index is 783. The molecule has 1 aromatic carbocycles. The third-order valence-electron chi connectivity index (χ3n) is 3.08. The molecule has 0 fully saturated rings. The van der Waals surface area contributed by atoms with E-state index >= 15 is 0 Å². The largest absolute Gasteiger partial charge is 0.293 e. The fourth-order valence-electron chi connectivity index (χ4n) is 1.90. The fourth-order valence-corrected chi connectivity index (χ4v) is 3.01. The van der Waals surface area contributed by atoms with Crippen molar-refractivity contribution in [3.63, 3.8) is 0 Å². The van der Waals surface area contributed by atoms with Crippen molar-refractivity contribution in [3.05, 3.63) is 48.0 Å². The van der Waals surface area contributed by atoms with Crippen LogP contribution in [0.2, 0.25) is 0 Å². The summed E-state index contributed by atoms with van der Waals surface area (Å²) >= 11 is 0. The van der Waals surface area contributed by atoms with E-state index in [2.05, 4.69) is 4.98 Å². The van der Waals surface area contributed by atoms with Gasteiger partial charge in [0.15, 0.2) is 15.6 Å². The molecule has 0 aliphatic carbocycles. The molecule has 0 aliphatic heterocycles. The highest BCUT2D eigenvalue weighted by Crippen LogP contribution is 2.25. The Labute approximate surface area is 122 Å². The number of ketones is 1. The van der Waals surface area contributed by atoms with Crippen molar-refractivity contribution in [3.8, 4) is 11.1 Å². The molecule has 0 amide bonds. The topological polar surface area (TPSA) is 64.1 Å². The minimum absolute atomic E-state index is 0.0669. The Hall–Kier alpha value is -2.08. The normalized spacial score (nSPS) is 11.4. The Morgan fingerprint density at radius 1 is 1.19 bits per heavy atom. The number of sulfone groups is 1. The lowest BCUT2D eigenvalue weighted by Gasteiger charge is -2.09. The molecule has 0 radical (unpaired) electrons. The third-order valence-corrected chi connectivity index (χ3v) is 4.82. The number of carbonyl (C=O) groups is 1. The summed E-state index contributed by atoms with van der Waals surface area (Å²) in [5, 5.41) is 0. The van der Waals surface area contributed by atoms with E-state index < -0.39 is 15.6 Å². The van der Waals surface area contributed by atoms with E-state index in [0.717, 1.165) is 0 Å². The quantitative estimate of drug-likeness (QED) is 0.815. The maximum absolute atomic E-state index is 12.9. The van der Waals surface area contributed by atoms with Crippen LogP contribution in [0, 0.1) is 5.82 Å². The van der Waals surface area contributed by atoms with Crippen molar-refractivity contribution in [1.82, 2.24) is 4.98 Å². The first-order valence-electron chi connectivity index (χ1n) is 6.35. The monoisotopic (exact) mass is 307 g/mol. The predicted octanol–water partition coefficient (Wildman–Crippen LogP) is 2.88. The Morgan fingerprint density at radius 3 is 2.33 bits per heavy atom. The molecule has 1 heterocycles. The second kappa shape index (κ2) is 5.73. The number of benzene rings is 1. The van der Waals surface area contributed by atoms with E-state index in [-0.39, 0.29) is 22.2 Å². The van der Waals surface area contributed by atoms with Crippen LogP contribution in [0.25, 0.3) is 11.1 Å². The molecule has 1 aromatic heterocycles. The van der Waals surface area contributed by atoms with Gasteiger partial charge in [-0.2, -0.15) is 0 Å². The van der Waals surface area contributed by atoms with Gasteiger partial charge in [0.2, 0.25) is 0 Å². The number of hydrogen-bond acceptors (Lipinski definition) is 4. The number of halogens is 1. The first kappa shape index (κ1) is 15.3. The second-order valence-corrected chi connectivity index (χ2v) is 6.78. The fraction of sp³-hybridized carbons (Fsp3) is 0.200. The number of aromatic nitrogens is 1. The molecular formula is C15H14FNO3S. The Balaban J connectivity index is 2.65. The smallest absolute Gasteiger partial charge is 0.180 e. The summed E-state index contributed by atoms with van der Waals surface area (Å²) < 4.78 is 37.2. The van der Waals surface area contributed by atoms with E-state index in [9.17, 15) is 17.6 Å². The zero-order valence-electron chi connectivity index (χ0n) is 11.6. The van der Waals surface area contributed by atoms with E-state index in [1.165, 1.54) is 50.4 Å². The zero-order chi connectivity index (χ0) is 15.6. The summed E-state index contributed by atoms with van der Waals surface area (Å²) in [4.78, 5) is 15.4. The van der Waals surface area contributed by atoms with Gasteiger partial charge in [-0.25, -0.2) is 12.8 Å². The van der Waals surface area contributed by atoms with Crippen LogP contribution in [0.4, 0.5) is 4.39 Å². The van der Waals surface area contributed by atoms with Crippen LogP contribution < -0.4 is 0 Å². The molecule has 0 atom stereocenters. The molecule has 2 rings (SSSR count). The zero-order valence-corrected chi connectivity index (χ0v) is 12.4. The first-order valence-corrected chi connectivity index (χ1v) is 8.00. The van der Waals surface area contributed by atoms with Crippen LogP contribution in [-0.2, 0) is 9.84 Å². The summed E-state index contributed by atoms with van der Waals surface area (Å²) in [6.07, 6.45) is 1.42. The lowest BCUT2D eigenvalue weighted by Crippen LogP contribution is -2.11. The average molecular weight is 307 g/mol. The molecule has 0 saturated heterocycles. The van der Waals surface area contributed by atoms with E-state index in [1.807, 2.05) is 0 Å². The van der Waals surface area contributed by atoms with Gasteiger partial charge in [-0.3, -0.25) is 9.78 Å². The predicted molar refractivity (Wildman–Crippen MR) is 77.4 cm³/mol. The van der Waals surface area contributed by atoms with Crippen LogP contribution >= 0.6 is 0 Å². The van der Waals surface area contributed by atoms with E-state index in [1.54, 1.807) is 0 Å². The van der Waals surface area contributed by atoms with Crippen molar-refractivity contribution in [2.45, 2.75) is 18.7 Å². The maximum Gasteiger partial charge on any atom is 0.180 e. The molecule has 0 saturated carbocycles. The molecule has 6 heteroatoms. The van der Waals surface area contributed by atoms with E-state index in [4.69, 9.17) is 0 Å². The molecule has 0 spiro atoms. The molecular weight excluding hydrogens is 293 g/mol. The lowest BCUT2D eigenvalue weighted by atomic mass is 10.1. The van der Waals surface area contributed by atoms with Crippen molar-refractivity contribution in [2.24, 2.45) is 0 Å². The number of Topliss-reactive ketones (excluding diaryl/α,β-unsaturated/α-hetero) is 1. The number of pyridine rings is 1. The molecule has 4 nitrogen and oxygen atoms in total. The highest BCUT2D eigenvalue weighted by molar-refractivity contribution is 7.91. The first-order chi connectivity index (χ1) is 9.85. The lowest BCUT2D eigenvalue weighted by molar-refractivity contribution is 0.100. The Morgan fingerprint density at radius 2 is 1.81 bits per heavy atom. The van der Waals surface area contributed by atoms with Gasteiger partial charge in [0.1, 0.15) is 11.5 Å². The summed E-state index contributed by atoms with van der Waals surface area (Å²) in [5.41, 5.74) is 1.08. The van der Waals surface area contributed by atoms with Gasteiger partial charge in [-0.15, -0.1) is 0 Å². The highest BCUT2D eigenvalue weighted by atomic mass is 32.2. The van der Waals surface area contributed by atoms with Crippen LogP contribution in [0.1, 0.15) is 24.3 Å². The van der Waals surface area contributed by atoms with Crippen LogP contribution in [-0.4, -0.2) is 24.9 Å². The molecule has 0 bridgehead atoms. The summed E-state index contributed by atoms with van der Waals surface area (Å²) in [7, 11) is -3.57. The van der Waals surface area contributed by atoms with Gasteiger partial charge in [-0.05, 0) is 23.8 Å². The summed E-state index contributed by atoms with van der Waals surface area (Å²) in [5.74, 6) is -0.914. The standard InChI is InChI=1S/C15H14FNO3S/c1-3-21(19,20)14-8-12(9-17-15(14)10(2)18)11-4-6-13(16)7-5-11/h4-9H,3H2,1-2H3. The highest BCUT2D eigenvalue weighted by Gasteiger charge is 2.21. The molecule has 0 N–H and O–H groups in total. The molecule has 21 heavy (non-hydrogen) atoms. The number of carbonyl (C=O) groups excluding carboxylic acids is 1. The second-order valence-electron chi connectivity index (χ2n) is 4.54. The molecule has 2 aromatic rings. The Kier molecular flexibility index (Phi) is 4.18. The van der Waals surface area contributed by atoms with Crippen LogP contribution in [0.5, 0.6) is 0 Å².